The van der Waals surface area contributed by atoms with Crippen molar-refractivity contribution < 1.29 is 4.79 Å². The molecule has 3 aromatic rings. The van der Waals surface area contributed by atoms with Crippen molar-refractivity contribution in [1.82, 2.24) is 20.2 Å². The van der Waals surface area contributed by atoms with Gasteiger partial charge in [-0.2, -0.15) is 0 Å². The van der Waals surface area contributed by atoms with E-state index in [4.69, 9.17) is 11.6 Å². The van der Waals surface area contributed by atoms with Gasteiger partial charge >= 0.3 is 0 Å². The molecule has 34 heavy (non-hydrogen) atoms. The summed E-state index contributed by atoms with van der Waals surface area (Å²) in [7, 11) is 0. The number of amides is 1. The van der Waals surface area contributed by atoms with Crippen LogP contribution in [0.15, 0.2) is 60.8 Å². The summed E-state index contributed by atoms with van der Waals surface area (Å²) in [5.41, 5.74) is 3.30. The molecule has 0 aliphatic carbocycles. The summed E-state index contributed by atoms with van der Waals surface area (Å²) >= 11 is 5.97. The topological polar surface area (TPSA) is 70.2 Å². The SMILES string of the molecule is CC(C)NC1CCN(C(=O)c2ccc(Nc3nccc(-c4ccc(Cl)cc4)n3)cc2)CC1.Cl.Cl. The third-order valence-electron chi connectivity index (χ3n) is 5.53. The molecule has 0 unspecified atom stereocenters. The van der Waals surface area contributed by atoms with Crippen molar-refractivity contribution in [2.45, 2.75) is 38.8 Å². The number of carbonyl (C=O) groups is 1. The largest absolute Gasteiger partial charge is 0.339 e. The van der Waals surface area contributed by atoms with Gasteiger partial charge in [0.25, 0.3) is 5.91 Å². The summed E-state index contributed by atoms with van der Waals surface area (Å²) in [6.45, 7) is 5.89. The number of benzene rings is 2. The zero-order chi connectivity index (χ0) is 22.5. The minimum atomic E-state index is 0. The van der Waals surface area contributed by atoms with Gasteiger partial charge in [0.05, 0.1) is 5.69 Å². The predicted octanol–water partition coefficient (Wildman–Crippen LogP) is 5.99. The second kappa shape index (κ2) is 12.9. The van der Waals surface area contributed by atoms with E-state index in [-0.39, 0.29) is 30.7 Å². The first-order valence-electron chi connectivity index (χ1n) is 11.0. The molecule has 0 atom stereocenters. The molecule has 1 amide bonds. The Labute approximate surface area is 218 Å². The highest BCUT2D eigenvalue weighted by Crippen LogP contribution is 2.22. The number of rotatable bonds is 6. The van der Waals surface area contributed by atoms with Crippen LogP contribution in [-0.4, -0.2) is 45.9 Å². The maximum atomic E-state index is 12.9. The van der Waals surface area contributed by atoms with Gasteiger partial charge in [0, 0.05) is 53.2 Å². The Bertz CT molecular complexity index is 1050. The van der Waals surface area contributed by atoms with Crippen molar-refractivity contribution in [3.8, 4) is 11.3 Å². The molecule has 1 saturated heterocycles. The number of halogens is 3. The molecule has 1 fully saturated rings. The zero-order valence-corrected chi connectivity index (χ0v) is 21.6. The molecule has 2 N–H and O–H groups in total. The van der Waals surface area contributed by atoms with E-state index in [1.54, 1.807) is 6.20 Å². The van der Waals surface area contributed by atoms with Crippen molar-refractivity contribution in [2.75, 3.05) is 18.4 Å². The van der Waals surface area contributed by atoms with Crippen molar-refractivity contribution in [1.29, 1.82) is 0 Å². The average Bonchev–Trinajstić information content (AvgIpc) is 2.80. The lowest BCUT2D eigenvalue weighted by atomic mass is 10.0. The highest BCUT2D eigenvalue weighted by Gasteiger charge is 2.23. The van der Waals surface area contributed by atoms with Crippen LogP contribution in [0.25, 0.3) is 11.3 Å². The Kier molecular flexibility index (Phi) is 10.6. The van der Waals surface area contributed by atoms with Gasteiger partial charge in [-0.1, -0.05) is 37.6 Å². The van der Waals surface area contributed by atoms with Crippen LogP contribution >= 0.6 is 36.4 Å². The lowest BCUT2D eigenvalue weighted by Crippen LogP contribution is -2.46. The fraction of sp³-hybridized carbons (Fsp3) is 0.320. The summed E-state index contributed by atoms with van der Waals surface area (Å²) < 4.78 is 0. The van der Waals surface area contributed by atoms with E-state index in [9.17, 15) is 4.79 Å². The lowest BCUT2D eigenvalue weighted by molar-refractivity contribution is 0.0703. The molecular formula is C25H30Cl3N5O. The zero-order valence-electron chi connectivity index (χ0n) is 19.2. The second-order valence-corrected chi connectivity index (χ2v) is 8.80. The summed E-state index contributed by atoms with van der Waals surface area (Å²) in [5, 5.41) is 7.47. The van der Waals surface area contributed by atoms with E-state index >= 15 is 0 Å². The van der Waals surface area contributed by atoms with Crippen LogP contribution in [0.5, 0.6) is 0 Å². The number of likely N-dealkylation sites (tertiary alicyclic amines) is 1. The van der Waals surface area contributed by atoms with Crippen molar-refractivity contribution in [2.24, 2.45) is 0 Å². The Hall–Kier alpha value is -2.38. The first-order chi connectivity index (χ1) is 15.5. The van der Waals surface area contributed by atoms with Gasteiger partial charge in [-0.05, 0) is 55.3 Å². The van der Waals surface area contributed by atoms with Crippen LogP contribution in [0.2, 0.25) is 5.02 Å². The normalized spacial score (nSPS) is 13.7. The smallest absolute Gasteiger partial charge is 0.253 e. The number of nitrogens with one attached hydrogen (secondary N) is 2. The summed E-state index contributed by atoms with van der Waals surface area (Å²) in [4.78, 5) is 23.7. The van der Waals surface area contributed by atoms with Crippen LogP contribution in [0.3, 0.4) is 0 Å². The molecule has 0 saturated carbocycles. The molecule has 182 valence electrons. The molecule has 4 rings (SSSR count). The minimum absolute atomic E-state index is 0. The first-order valence-corrected chi connectivity index (χ1v) is 11.4. The van der Waals surface area contributed by atoms with Gasteiger partial charge in [-0.15, -0.1) is 24.8 Å². The predicted molar refractivity (Wildman–Crippen MR) is 144 cm³/mol. The maximum Gasteiger partial charge on any atom is 0.253 e. The van der Waals surface area contributed by atoms with E-state index < -0.39 is 0 Å². The minimum Gasteiger partial charge on any atom is -0.339 e. The Morgan fingerprint density at radius 2 is 1.65 bits per heavy atom. The van der Waals surface area contributed by atoms with Crippen molar-refractivity contribution >= 4 is 54.0 Å². The van der Waals surface area contributed by atoms with Gasteiger partial charge in [-0.25, -0.2) is 9.97 Å². The number of carbonyl (C=O) groups excluding carboxylic acids is 1. The Balaban J connectivity index is 0.00000204. The molecule has 9 heteroatoms. The molecular weight excluding hydrogens is 493 g/mol. The maximum absolute atomic E-state index is 12.9. The van der Waals surface area contributed by atoms with Crippen LogP contribution < -0.4 is 10.6 Å². The van der Waals surface area contributed by atoms with Crippen LogP contribution in [0, 0.1) is 0 Å². The molecule has 0 bridgehead atoms. The number of hydrogen-bond acceptors (Lipinski definition) is 5. The standard InChI is InChI=1S/C25H28ClN5O.2ClH/c1-17(2)28-22-12-15-31(16-13-22)24(32)19-5-9-21(10-6-19)29-25-27-14-11-23(30-25)18-3-7-20(26)8-4-18;;/h3-11,14,17,22,28H,12-13,15-16H2,1-2H3,(H,27,29,30);2*1H. The molecule has 1 aliphatic heterocycles. The van der Waals surface area contributed by atoms with E-state index in [1.165, 1.54) is 0 Å². The van der Waals surface area contributed by atoms with Crippen molar-refractivity contribution in [3.05, 3.63) is 71.4 Å². The number of hydrogen-bond donors (Lipinski definition) is 2. The van der Waals surface area contributed by atoms with E-state index in [0.717, 1.165) is 42.9 Å². The second-order valence-electron chi connectivity index (χ2n) is 8.36. The van der Waals surface area contributed by atoms with E-state index in [0.29, 0.717) is 28.6 Å². The number of nitrogens with zero attached hydrogens (tertiary/aromatic N) is 3. The van der Waals surface area contributed by atoms with Crippen LogP contribution in [-0.2, 0) is 0 Å². The Morgan fingerprint density at radius 3 is 2.26 bits per heavy atom. The molecule has 1 aliphatic rings. The highest BCUT2D eigenvalue weighted by molar-refractivity contribution is 6.30. The number of aromatic nitrogens is 2. The third-order valence-corrected chi connectivity index (χ3v) is 5.79. The molecule has 0 radical (unpaired) electrons. The summed E-state index contributed by atoms with van der Waals surface area (Å²) in [6, 6.07) is 17.8. The average molecular weight is 523 g/mol. The fourth-order valence-electron chi connectivity index (χ4n) is 3.93. The lowest BCUT2D eigenvalue weighted by Gasteiger charge is -2.33. The number of piperidine rings is 1. The fourth-order valence-corrected chi connectivity index (χ4v) is 4.05. The first kappa shape index (κ1) is 27.9. The van der Waals surface area contributed by atoms with Gasteiger partial charge < -0.3 is 15.5 Å². The highest BCUT2D eigenvalue weighted by atomic mass is 35.5. The molecule has 6 nitrogen and oxygen atoms in total. The quantitative estimate of drug-likeness (QED) is 0.416. The molecule has 0 spiro atoms. The van der Waals surface area contributed by atoms with Crippen LogP contribution in [0.1, 0.15) is 37.0 Å². The number of anilines is 2. The summed E-state index contributed by atoms with van der Waals surface area (Å²) in [6.07, 6.45) is 3.70. The van der Waals surface area contributed by atoms with Crippen LogP contribution in [0.4, 0.5) is 11.6 Å². The van der Waals surface area contributed by atoms with Gasteiger partial charge in [0.15, 0.2) is 0 Å². The third kappa shape index (κ3) is 7.31. The van der Waals surface area contributed by atoms with Crippen molar-refractivity contribution in [3.63, 3.8) is 0 Å². The summed E-state index contributed by atoms with van der Waals surface area (Å²) in [5.74, 6) is 0.580. The molecule has 2 aromatic carbocycles. The van der Waals surface area contributed by atoms with E-state index in [1.807, 2.05) is 59.5 Å². The van der Waals surface area contributed by atoms with Gasteiger partial charge in [0.2, 0.25) is 5.95 Å². The molecule has 2 heterocycles. The molecule has 1 aromatic heterocycles. The monoisotopic (exact) mass is 521 g/mol. The van der Waals surface area contributed by atoms with Gasteiger partial charge in [0.1, 0.15) is 0 Å². The Morgan fingerprint density at radius 1 is 1.00 bits per heavy atom. The van der Waals surface area contributed by atoms with E-state index in [2.05, 4.69) is 34.4 Å². The van der Waals surface area contributed by atoms with Gasteiger partial charge in [-0.3, -0.25) is 4.79 Å².